The number of cyclic esters (lactones) is 1. The molecule has 0 saturated carbocycles. The molecule has 1 aliphatic heterocycles. The number of ether oxygens (including phenoxy) is 2. The monoisotopic (exact) mass is 312 g/mol. The van der Waals surface area contributed by atoms with E-state index in [2.05, 4.69) is 11.9 Å². The molecule has 1 aliphatic rings. The Labute approximate surface area is 130 Å². The minimum Gasteiger partial charge on any atom is -0.461 e. The quantitative estimate of drug-likeness (QED) is 0.599. The van der Waals surface area contributed by atoms with Crippen LogP contribution in [0.25, 0.3) is 0 Å². The fraction of sp³-hybridized carbons (Fsp3) is 0.667. The Bertz CT molecular complexity index is 447. The van der Waals surface area contributed by atoms with E-state index in [4.69, 9.17) is 9.47 Å². The molecule has 0 radical (unpaired) electrons. The molecule has 1 fully saturated rings. The van der Waals surface area contributed by atoms with Gasteiger partial charge in [0.25, 0.3) is 0 Å². The number of urea groups is 1. The lowest BCUT2D eigenvalue weighted by Gasteiger charge is -2.25. The molecule has 0 bridgehead atoms. The van der Waals surface area contributed by atoms with E-state index in [-0.39, 0.29) is 31.1 Å². The average Bonchev–Trinajstić information content (AvgIpc) is 2.79. The molecule has 1 saturated heterocycles. The molecule has 2 atom stereocenters. The van der Waals surface area contributed by atoms with Gasteiger partial charge in [-0.25, -0.2) is 19.3 Å². The number of rotatable bonds is 6. The van der Waals surface area contributed by atoms with Gasteiger partial charge in [-0.15, -0.1) is 6.58 Å². The molecular formula is C15H24N2O5. The molecule has 0 spiro atoms. The SMILES string of the molecule is C=CCC(NC(=O)N1C(=O)OC[C@@H]1C(C)C)C(=O)OC(C)C. The standard InChI is InChI=1S/C15H24N2O5/c1-6-7-11(13(18)22-10(4)5)16-14(19)17-12(9(2)3)8-21-15(17)20/h6,9-12H,1,7-8H2,2-5H3,(H,16,19)/t11?,12-/m1/s1. The van der Waals surface area contributed by atoms with Gasteiger partial charge in [0.05, 0.1) is 12.1 Å². The van der Waals surface area contributed by atoms with Crippen LogP contribution in [0.4, 0.5) is 9.59 Å². The van der Waals surface area contributed by atoms with Crippen molar-refractivity contribution < 1.29 is 23.9 Å². The zero-order valence-corrected chi connectivity index (χ0v) is 13.5. The number of nitrogens with one attached hydrogen (secondary N) is 1. The van der Waals surface area contributed by atoms with Gasteiger partial charge < -0.3 is 14.8 Å². The third kappa shape index (κ3) is 4.47. The van der Waals surface area contributed by atoms with E-state index in [1.54, 1.807) is 13.8 Å². The Hall–Kier alpha value is -2.05. The lowest BCUT2D eigenvalue weighted by molar-refractivity contribution is -0.149. The molecular weight excluding hydrogens is 288 g/mol. The van der Waals surface area contributed by atoms with E-state index in [0.717, 1.165) is 4.90 Å². The number of imide groups is 1. The van der Waals surface area contributed by atoms with Gasteiger partial charge in [0.1, 0.15) is 12.6 Å². The van der Waals surface area contributed by atoms with E-state index in [1.807, 2.05) is 13.8 Å². The third-order valence-electron chi connectivity index (χ3n) is 3.23. The Morgan fingerprint density at radius 3 is 2.59 bits per heavy atom. The average molecular weight is 312 g/mol. The van der Waals surface area contributed by atoms with Gasteiger partial charge in [-0.2, -0.15) is 0 Å². The molecule has 0 aromatic carbocycles. The van der Waals surface area contributed by atoms with Crippen LogP contribution < -0.4 is 5.32 Å². The Morgan fingerprint density at radius 1 is 1.45 bits per heavy atom. The second-order valence-electron chi connectivity index (χ2n) is 5.77. The van der Waals surface area contributed by atoms with Crippen molar-refractivity contribution >= 4 is 18.1 Å². The van der Waals surface area contributed by atoms with Gasteiger partial charge in [-0.3, -0.25) is 0 Å². The van der Waals surface area contributed by atoms with Gasteiger partial charge in [-0.1, -0.05) is 19.9 Å². The lowest BCUT2D eigenvalue weighted by Crippen LogP contribution is -2.52. The zero-order chi connectivity index (χ0) is 16.9. The predicted molar refractivity (Wildman–Crippen MR) is 80.2 cm³/mol. The molecule has 22 heavy (non-hydrogen) atoms. The summed E-state index contributed by atoms with van der Waals surface area (Å²) < 4.78 is 10.0. The number of amides is 3. The molecule has 1 unspecified atom stereocenters. The first-order chi connectivity index (χ1) is 10.3. The summed E-state index contributed by atoms with van der Waals surface area (Å²) in [6, 6.07) is -1.89. The normalized spacial score (nSPS) is 19.1. The maximum absolute atomic E-state index is 12.3. The van der Waals surface area contributed by atoms with Crippen molar-refractivity contribution in [3.05, 3.63) is 12.7 Å². The summed E-state index contributed by atoms with van der Waals surface area (Å²) in [7, 11) is 0. The molecule has 1 rings (SSSR count). The summed E-state index contributed by atoms with van der Waals surface area (Å²) in [5.41, 5.74) is 0. The van der Waals surface area contributed by atoms with Crippen LogP contribution in [0.2, 0.25) is 0 Å². The first kappa shape index (κ1) is 18.0. The first-order valence-corrected chi connectivity index (χ1v) is 7.35. The summed E-state index contributed by atoms with van der Waals surface area (Å²) in [5, 5.41) is 2.52. The van der Waals surface area contributed by atoms with E-state index < -0.39 is 24.1 Å². The summed E-state index contributed by atoms with van der Waals surface area (Å²) in [6.07, 6.45) is 0.726. The van der Waals surface area contributed by atoms with Gasteiger partial charge in [0.2, 0.25) is 0 Å². The lowest BCUT2D eigenvalue weighted by atomic mass is 10.1. The highest BCUT2D eigenvalue weighted by atomic mass is 16.6. The number of hydrogen-bond donors (Lipinski definition) is 1. The summed E-state index contributed by atoms with van der Waals surface area (Å²) in [6.45, 7) is 10.9. The molecule has 7 heteroatoms. The largest absolute Gasteiger partial charge is 0.461 e. The number of nitrogens with zero attached hydrogens (tertiary/aromatic N) is 1. The van der Waals surface area contributed by atoms with Crippen molar-refractivity contribution in [1.29, 1.82) is 0 Å². The molecule has 1 N–H and O–H groups in total. The molecule has 0 aliphatic carbocycles. The van der Waals surface area contributed by atoms with Crippen LogP contribution in [0, 0.1) is 5.92 Å². The fourth-order valence-corrected chi connectivity index (χ4v) is 2.07. The smallest absolute Gasteiger partial charge is 0.418 e. The molecule has 0 aromatic heterocycles. The maximum Gasteiger partial charge on any atom is 0.418 e. The number of carbonyl (C=O) groups excluding carboxylic acids is 3. The topological polar surface area (TPSA) is 84.9 Å². The number of carbonyl (C=O) groups is 3. The Morgan fingerprint density at radius 2 is 2.09 bits per heavy atom. The molecule has 0 aromatic rings. The van der Waals surface area contributed by atoms with Gasteiger partial charge >= 0.3 is 18.1 Å². The van der Waals surface area contributed by atoms with Crippen LogP contribution in [-0.4, -0.2) is 47.8 Å². The molecule has 1 heterocycles. The van der Waals surface area contributed by atoms with Crippen LogP contribution in [-0.2, 0) is 14.3 Å². The van der Waals surface area contributed by atoms with Crippen LogP contribution in [0.15, 0.2) is 12.7 Å². The fourth-order valence-electron chi connectivity index (χ4n) is 2.07. The zero-order valence-electron chi connectivity index (χ0n) is 13.5. The number of esters is 1. The highest BCUT2D eigenvalue weighted by Gasteiger charge is 2.40. The van der Waals surface area contributed by atoms with Crippen molar-refractivity contribution in [3.8, 4) is 0 Å². The molecule has 7 nitrogen and oxygen atoms in total. The summed E-state index contributed by atoms with van der Waals surface area (Å²) in [5.74, 6) is -0.505. The molecule has 3 amide bonds. The minimum atomic E-state index is -0.881. The van der Waals surface area contributed by atoms with E-state index in [0.29, 0.717) is 0 Å². The van der Waals surface area contributed by atoms with Crippen molar-refractivity contribution in [2.45, 2.75) is 52.3 Å². The van der Waals surface area contributed by atoms with Crippen molar-refractivity contribution in [1.82, 2.24) is 10.2 Å². The summed E-state index contributed by atoms with van der Waals surface area (Å²) >= 11 is 0. The van der Waals surface area contributed by atoms with Crippen molar-refractivity contribution in [3.63, 3.8) is 0 Å². The van der Waals surface area contributed by atoms with Gasteiger partial charge in [-0.05, 0) is 26.2 Å². The van der Waals surface area contributed by atoms with E-state index in [9.17, 15) is 14.4 Å². The Balaban J connectivity index is 2.79. The van der Waals surface area contributed by atoms with Crippen molar-refractivity contribution in [2.75, 3.05) is 6.61 Å². The van der Waals surface area contributed by atoms with Gasteiger partial charge in [0, 0.05) is 0 Å². The minimum absolute atomic E-state index is 0.0534. The second kappa shape index (κ2) is 7.82. The van der Waals surface area contributed by atoms with Gasteiger partial charge in [0.15, 0.2) is 0 Å². The van der Waals surface area contributed by atoms with Crippen LogP contribution in [0.3, 0.4) is 0 Å². The Kier molecular flexibility index (Phi) is 6.39. The number of hydrogen-bond acceptors (Lipinski definition) is 5. The van der Waals surface area contributed by atoms with Crippen molar-refractivity contribution in [2.24, 2.45) is 5.92 Å². The van der Waals surface area contributed by atoms with E-state index >= 15 is 0 Å². The van der Waals surface area contributed by atoms with E-state index in [1.165, 1.54) is 6.08 Å². The first-order valence-electron chi connectivity index (χ1n) is 7.35. The second-order valence-corrected chi connectivity index (χ2v) is 5.77. The van der Waals surface area contributed by atoms with Crippen LogP contribution >= 0.6 is 0 Å². The predicted octanol–water partition coefficient (Wildman–Crippen LogP) is 2.07. The maximum atomic E-state index is 12.3. The van der Waals surface area contributed by atoms with Crippen LogP contribution in [0.1, 0.15) is 34.1 Å². The van der Waals surface area contributed by atoms with Crippen LogP contribution in [0.5, 0.6) is 0 Å². The molecule has 124 valence electrons. The summed E-state index contributed by atoms with van der Waals surface area (Å²) in [4.78, 5) is 37.0. The highest BCUT2D eigenvalue weighted by Crippen LogP contribution is 2.19. The third-order valence-corrected chi connectivity index (χ3v) is 3.23. The highest BCUT2D eigenvalue weighted by molar-refractivity contribution is 5.94.